The number of carbonyl (C=O) groups is 2. The number of nitrogens with one attached hydrogen (secondary N) is 1. The fraction of sp³-hybridized carbons (Fsp3) is 0.867. The predicted molar refractivity (Wildman–Crippen MR) is 89.3 cm³/mol. The van der Waals surface area contributed by atoms with Gasteiger partial charge in [-0.05, 0) is 26.7 Å². The molecule has 23 heavy (non-hydrogen) atoms. The van der Waals surface area contributed by atoms with Crippen molar-refractivity contribution in [2.45, 2.75) is 45.6 Å². The van der Waals surface area contributed by atoms with Crippen molar-refractivity contribution < 1.29 is 18.0 Å². The van der Waals surface area contributed by atoms with E-state index in [1.54, 1.807) is 11.9 Å². The summed E-state index contributed by atoms with van der Waals surface area (Å²) in [5.41, 5.74) is 0. The second-order valence-corrected chi connectivity index (χ2v) is 7.98. The van der Waals surface area contributed by atoms with E-state index < -0.39 is 10.0 Å². The first-order chi connectivity index (χ1) is 10.7. The second kappa shape index (κ2) is 8.63. The molecule has 134 valence electrons. The standard InChI is InChI=1S/C15H29N3O4S/c1-5-18(6-2)15(20)12-8-7-9-13(16-23(4,21)22)11-17(3)14(19)10-12/h12-13,16H,5-11H2,1-4H3/t12-,13-/m1/s1. The Morgan fingerprint density at radius 2 is 1.91 bits per heavy atom. The summed E-state index contributed by atoms with van der Waals surface area (Å²) in [5, 5.41) is 0. The Hall–Kier alpha value is -1.15. The van der Waals surface area contributed by atoms with E-state index in [4.69, 9.17) is 0 Å². The number of amides is 2. The third-order valence-electron chi connectivity index (χ3n) is 4.25. The van der Waals surface area contributed by atoms with Gasteiger partial charge in [-0.1, -0.05) is 6.42 Å². The number of nitrogens with zero attached hydrogens (tertiary/aromatic N) is 2. The Labute approximate surface area is 139 Å². The van der Waals surface area contributed by atoms with Crippen molar-refractivity contribution in [1.29, 1.82) is 0 Å². The monoisotopic (exact) mass is 347 g/mol. The summed E-state index contributed by atoms with van der Waals surface area (Å²) >= 11 is 0. The predicted octanol–water partition coefficient (Wildman–Crippen LogP) is 0.421. The highest BCUT2D eigenvalue weighted by molar-refractivity contribution is 7.88. The van der Waals surface area contributed by atoms with Gasteiger partial charge in [-0.2, -0.15) is 0 Å². The molecule has 0 spiro atoms. The van der Waals surface area contributed by atoms with Crippen LogP contribution in [0.5, 0.6) is 0 Å². The lowest BCUT2D eigenvalue weighted by atomic mass is 9.96. The van der Waals surface area contributed by atoms with Gasteiger partial charge in [0.25, 0.3) is 0 Å². The summed E-state index contributed by atoms with van der Waals surface area (Å²) in [7, 11) is -1.66. The molecule has 0 aliphatic carbocycles. The van der Waals surface area contributed by atoms with Gasteiger partial charge in [-0.3, -0.25) is 9.59 Å². The maximum atomic E-state index is 12.5. The maximum Gasteiger partial charge on any atom is 0.226 e. The molecule has 1 aliphatic rings. The van der Waals surface area contributed by atoms with Crippen LogP contribution in [0.3, 0.4) is 0 Å². The van der Waals surface area contributed by atoms with Gasteiger partial charge in [-0.25, -0.2) is 13.1 Å². The lowest BCUT2D eigenvalue weighted by Gasteiger charge is -2.26. The van der Waals surface area contributed by atoms with Crippen LogP contribution in [-0.4, -0.2) is 69.0 Å². The van der Waals surface area contributed by atoms with Gasteiger partial charge in [0.05, 0.1) is 6.26 Å². The fourth-order valence-electron chi connectivity index (χ4n) is 3.01. The zero-order chi connectivity index (χ0) is 17.6. The normalized spacial score (nSPS) is 23.8. The number of sulfonamides is 1. The molecule has 8 heteroatoms. The van der Waals surface area contributed by atoms with E-state index in [0.717, 1.165) is 6.26 Å². The first kappa shape index (κ1) is 19.9. The van der Waals surface area contributed by atoms with E-state index in [1.165, 1.54) is 4.90 Å². The first-order valence-corrected chi connectivity index (χ1v) is 10.1. The van der Waals surface area contributed by atoms with Crippen molar-refractivity contribution in [3.05, 3.63) is 0 Å². The van der Waals surface area contributed by atoms with E-state index in [2.05, 4.69) is 4.72 Å². The average molecular weight is 347 g/mol. The molecule has 0 aromatic rings. The molecule has 0 aromatic carbocycles. The van der Waals surface area contributed by atoms with Gasteiger partial charge in [-0.15, -0.1) is 0 Å². The molecule has 7 nitrogen and oxygen atoms in total. The summed E-state index contributed by atoms with van der Waals surface area (Å²) in [6.45, 7) is 5.45. The molecule has 1 rings (SSSR count). The molecule has 0 saturated carbocycles. The van der Waals surface area contributed by atoms with Crippen molar-refractivity contribution in [2.75, 3.05) is 32.9 Å². The third-order valence-corrected chi connectivity index (χ3v) is 5.01. The van der Waals surface area contributed by atoms with Crippen LogP contribution in [0, 0.1) is 5.92 Å². The highest BCUT2D eigenvalue weighted by Crippen LogP contribution is 2.21. The zero-order valence-electron chi connectivity index (χ0n) is 14.5. The van der Waals surface area contributed by atoms with Gasteiger partial charge in [0.1, 0.15) is 0 Å². The minimum absolute atomic E-state index is 0.0197. The van der Waals surface area contributed by atoms with Crippen molar-refractivity contribution in [1.82, 2.24) is 14.5 Å². The molecule has 0 unspecified atom stereocenters. The van der Waals surface area contributed by atoms with Crippen LogP contribution >= 0.6 is 0 Å². The van der Waals surface area contributed by atoms with E-state index in [0.29, 0.717) is 38.9 Å². The highest BCUT2D eigenvalue weighted by Gasteiger charge is 2.29. The lowest BCUT2D eigenvalue weighted by molar-refractivity contribution is -0.140. The Balaban J connectivity index is 2.84. The molecular formula is C15H29N3O4S. The summed E-state index contributed by atoms with van der Waals surface area (Å²) in [4.78, 5) is 28.1. The maximum absolute atomic E-state index is 12.5. The molecule has 1 N–H and O–H groups in total. The van der Waals surface area contributed by atoms with Gasteiger partial charge >= 0.3 is 0 Å². The fourth-order valence-corrected chi connectivity index (χ4v) is 3.80. The molecule has 2 atom stereocenters. The minimum Gasteiger partial charge on any atom is -0.344 e. The third kappa shape index (κ3) is 6.47. The zero-order valence-corrected chi connectivity index (χ0v) is 15.4. The average Bonchev–Trinajstić information content (AvgIpc) is 2.50. The largest absolute Gasteiger partial charge is 0.344 e. The van der Waals surface area contributed by atoms with Crippen molar-refractivity contribution in [3.8, 4) is 0 Å². The molecule has 1 fully saturated rings. The Bertz CT molecular complexity index is 517. The van der Waals surface area contributed by atoms with Crippen molar-refractivity contribution in [3.63, 3.8) is 0 Å². The molecule has 1 heterocycles. The van der Waals surface area contributed by atoms with Gasteiger partial charge in [0.15, 0.2) is 0 Å². The van der Waals surface area contributed by atoms with Crippen LogP contribution in [0.2, 0.25) is 0 Å². The molecule has 0 radical (unpaired) electrons. The first-order valence-electron chi connectivity index (χ1n) is 8.18. The van der Waals surface area contributed by atoms with Crippen molar-refractivity contribution >= 4 is 21.8 Å². The summed E-state index contributed by atoms with van der Waals surface area (Å²) in [5.74, 6) is -0.411. The van der Waals surface area contributed by atoms with Crippen LogP contribution in [0.25, 0.3) is 0 Å². The van der Waals surface area contributed by atoms with Crippen LogP contribution in [0.15, 0.2) is 0 Å². The Kier molecular flexibility index (Phi) is 7.47. The van der Waals surface area contributed by atoms with E-state index >= 15 is 0 Å². The van der Waals surface area contributed by atoms with Gasteiger partial charge in [0.2, 0.25) is 21.8 Å². The number of carbonyl (C=O) groups excluding carboxylic acids is 2. The molecule has 0 bridgehead atoms. The highest BCUT2D eigenvalue weighted by atomic mass is 32.2. The van der Waals surface area contributed by atoms with Gasteiger partial charge < -0.3 is 9.80 Å². The topological polar surface area (TPSA) is 86.8 Å². The Morgan fingerprint density at radius 3 is 2.43 bits per heavy atom. The van der Waals surface area contributed by atoms with E-state index in [-0.39, 0.29) is 30.2 Å². The van der Waals surface area contributed by atoms with E-state index in [9.17, 15) is 18.0 Å². The van der Waals surface area contributed by atoms with Crippen LogP contribution < -0.4 is 4.72 Å². The Morgan fingerprint density at radius 1 is 1.30 bits per heavy atom. The SMILES string of the molecule is CCN(CC)C(=O)[C@@H]1CCC[C@@H](NS(C)(=O)=O)CN(C)C(=O)C1. The summed E-state index contributed by atoms with van der Waals surface area (Å²) in [6.07, 6.45) is 3.25. The molecule has 1 saturated heterocycles. The molecule has 1 aliphatic heterocycles. The van der Waals surface area contributed by atoms with Crippen LogP contribution in [0.1, 0.15) is 39.5 Å². The van der Waals surface area contributed by atoms with Crippen LogP contribution in [0.4, 0.5) is 0 Å². The second-order valence-electron chi connectivity index (χ2n) is 6.20. The van der Waals surface area contributed by atoms with E-state index in [1.807, 2.05) is 13.8 Å². The summed E-state index contributed by atoms with van der Waals surface area (Å²) in [6, 6.07) is -0.304. The van der Waals surface area contributed by atoms with Gasteiger partial charge in [0, 0.05) is 45.1 Å². The van der Waals surface area contributed by atoms with Crippen LogP contribution in [-0.2, 0) is 19.6 Å². The number of likely N-dealkylation sites (N-methyl/N-ethyl adjacent to an activating group) is 1. The lowest BCUT2D eigenvalue weighted by Crippen LogP contribution is -2.44. The smallest absolute Gasteiger partial charge is 0.226 e. The van der Waals surface area contributed by atoms with Crippen molar-refractivity contribution in [2.24, 2.45) is 5.92 Å². The minimum atomic E-state index is -3.32. The number of rotatable bonds is 5. The molecule has 2 amide bonds. The molecular weight excluding hydrogens is 318 g/mol. The number of hydrogen-bond acceptors (Lipinski definition) is 4. The summed E-state index contributed by atoms with van der Waals surface area (Å²) < 4.78 is 25.4. The number of hydrogen-bond donors (Lipinski definition) is 1. The molecule has 0 aromatic heterocycles. The quantitative estimate of drug-likeness (QED) is 0.781.